The predicted octanol–water partition coefficient (Wildman–Crippen LogP) is 2.54. The Morgan fingerprint density at radius 2 is 1.64 bits per heavy atom. The van der Waals surface area contributed by atoms with Gasteiger partial charge in [-0.05, 0) is 5.56 Å². The van der Waals surface area contributed by atoms with Gasteiger partial charge in [0.25, 0.3) is 0 Å². The van der Waals surface area contributed by atoms with E-state index < -0.39 is 0 Å². The molecular formula is C12H19NO. The summed E-state index contributed by atoms with van der Waals surface area (Å²) in [5, 5.41) is 11.6. The first-order valence-corrected chi connectivity index (χ1v) is 4.91. The van der Waals surface area contributed by atoms with Crippen molar-refractivity contribution in [2.24, 2.45) is 0 Å². The standard InChI is InChI=1S/C12H19NO/c1-12(2,10-13(3,4)14)11-8-6-5-7-9-11/h5-9H,10H2,1-4H3. The lowest BCUT2D eigenvalue weighted by Crippen LogP contribution is -2.43. The molecular weight excluding hydrogens is 174 g/mol. The van der Waals surface area contributed by atoms with E-state index in [2.05, 4.69) is 26.0 Å². The van der Waals surface area contributed by atoms with Gasteiger partial charge in [0.15, 0.2) is 0 Å². The maximum atomic E-state index is 11.6. The van der Waals surface area contributed by atoms with E-state index in [1.807, 2.05) is 18.2 Å². The Balaban J connectivity index is 2.86. The molecule has 0 heterocycles. The number of likely N-dealkylation sites (N-methyl/N-ethyl adjacent to an activating group) is 1. The van der Waals surface area contributed by atoms with Crippen LogP contribution in [-0.2, 0) is 5.41 Å². The van der Waals surface area contributed by atoms with Crippen molar-refractivity contribution < 1.29 is 4.65 Å². The summed E-state index contributed by atoms with van der Waals surface area (Å²) in [4.78, 5) is 0. The van der Waals surface area contributed by atoms with Crippen molar-refractivity contribution in [3.05, 3.63) is 41.1 Å². The van der Waals surface area contributed by atoms with Crippen LogP contribution in [0.5, 0.6) is 0 Å². The van der Waals surface area contributed by atoms with Gasteiger partial charge in [0.05, 0.1) is 20.6 Å². The molecule has 0 atom stereocenters. The summed E-state index contributed by atoms with van der Waals surface area (Å²) in [6.07, 6.45) is 0. The van der Waals surface area contributed by atoms with Crippen molar-refractivity contribution in [1.29, 1.82) is 0 Å². The summed E-state index contributed by atoms with van der Waals surface area (Å²) in [5.41, 5.74) is 1.16. The lowest BCUT2D eigenvalue weighted by atomic mass is 9.84. The molecule has 1 aromatic rings. The molecule has 0 N–H and O–H groups in total. The molecule has 1 aromatic carbocycles. The minimum atomic E-state index is -0.248. The number of quaternary nitrogens is 1. The monoisotopic (exact) mass is 193 g/mol. The van der Waals surface area contributed by atoms with Gasteiger partial charge < -0.3 is 9.85 Å². The first-order valence-electron chi connectivity index (χ1n) is 4.91. The maximum absolute atomic E-state index is 11.6. The van der Waals surface area contributed by atoms with Crippen LogP contribution in [0.1, 0.15) is 19.4 Å². The molecule has 2 heteroatoms. The summed E-state index contributed by atoms with van der Waals surface area (Å²) in [7, 11) is 3.37. The summed E-state index contributed by atoms with van der Waals surface area (Å²) in [5.74, 6) is 0. The first-order chi connectivity index (χ1) is 6.31. The molecule has 0 saturated heterocycles. The Morgan fingerprint density at radius 3 is 2.07 bits per heavy atom. The highest BCUT2D eigenvalue weighted by molar-refractivity contribution is 5.23. The first kappa shape index (κ1) is 11.2. The van der Waals surface area contributed by atoms with E-state index in [0.717, 1.165) is 0 Å². The fraction of sp³-hybridized carbons (Fsp3) is 0.500. The normalized spacial score (nSPS) is 12.9. The molecule has 0 aromatic heterocycles. The lowest BCUT2D eigenvalue weighted by Gasteiger charge is -2.40. The van der Waals surface area contributed by atoms with E-state index in [4.69, 9.17) is 0 Å². The number of benzene rings is 1. The zero-order chi connectivity index (χ0) is 10.8. The highest BCUT2D eigenvalue weighted by Crippen LogP contribution is 2.25. The van der Waals surface area contributed by atoms with Crippen LogP contribution in [-0.4, -0.2) is 25.3 Å². The van der Waals surface area contributed by atoms with Crippen LogP contribution in [0.2, 0.25) is 0 Å². The van der Waals surface area contributed by atoms with Gasteiger partial charge >= 0.3 is 0 Å². The van der Waals surface area contributed by atoms with E-state index in [0.29, 0.717) is 6.54 Å². The molecule has 0 amide bonds. The zero-order valence-electron chi connectivity index (χ0n) is 9.45. The molecule has 1 rings (SSSR count). The lowest BCUT2D eigenvalue weighted by molar-refractivity contribution is -0.844. The van der Waals surface area contributed by atoms with E-state index >= 15 is 0 Å². The van der Waals surface area contributed by atoms with Crippen molar-refractivity contribution in [3.63, 3.8) is 0 Å². The zero-order valence-corrected chi connectivity index (χ0v) is 9.45. The second-order valence-electron chi connectivity index (χ2n) is 4.98. The van der Waals surface area contributed by atoms with E-state index in [9.17, 15) is 5.21 Å². The quantitative estimate of drug-likeness (QED) is 0.534. The summed E-state index contributed by atoms with van der Waals surface area (Å²) < 4.78 is -0.248. The minimum Gasteiger partial charge on any atom is -0.633 e. The number of rotatable bonds is 3. The minimum absolute atomic E-state index is 0.0630. The Labute approximate surface area is 86.3 Å². The molecule has 0 radical (unpaired) electrons. The smallest absolute Gasteiger partial charge is 0.0872 e. The Morgan fingerprint density at radius 1 is 1.14 bits per heavy atom. The van der Waals surface area contributed by atoms with Crippen LogP contribution in [0.3, 0.4) is 0 Å². The highest BCUT2D eigenvalue weighted by atomic mass is 16.5. The van der Waals surface area contributed by atoms with Crippen molar-refractivity contribution >= 4 is 0 Å². The number of hydroxylamine groups is 3. The molecule has 0 aliphatic carbocycles. The third kappa shape index (κ3) is 3.13. The molecule has 0 unspecified atom stereocenters. The molecule has 2 nitrogen and oxygen atoms in total. The van der Waals surface area contributed by atoms with Gasteiger partial charge in [0.2, 0.25) is 0 Å². The topological polar surface area (TPSA) is 23.1 Å². The second kappa shape index (κ2) is 3.71. The SMILES string of the molecule is CC(C)(C[N+](C)(C)[O-])c1ccccc1. The molecule has 0 aliphatic heterocycles. The number of hydrogen-bond donors (Lipinski definition) is 0. The van der Waals surface area contributed by atoms with Crippen LogP contribution in [0, 0.1) is 5.21 Å². The van der Waals surface area contributed by atoms with Gasteiger partial charge in [-0.1, -0.05) is 44.2 Å². The van der Waals surface area contributed by atoms with Crippen LogP contribution in [0.25, 0.3) is 0 Å². The van der Waals surface area contributed by atoms with E-state index in [1.165, 1.54) is 5.56 Å². The Hall–Kier alpha value is -0.860. The summed E-state index contributed by atoms with van der Waals surface area (Å²) in [6.45, 7) is 4.82. The van der Waals surface area contributed by atoms with Gasteiger partial charge in [-0.2, -0.15) is 0 Å². The predicted molar refractivity (Wildman–Crippen MR) is 59.8 cm³/mol. The number of nitrogens with zero attached hydrogens (tertiary/aromatic N) is 1. The third-order valence-electron chi connectivity index (χ3n) is 2.33. The molecule has 78 valence electrons. The van der Waals surface area contributed by atoms with Gasteiger partial charge in [0.1, 0.15) is 0 Å². The second-order valence-corrected chi connectivity index (χ2v) is 4.98. The summed E-state index contributed by atoms with van der Waals surface area (Å²) >= 11 is 0. The molecule has 0 saturated carbocycles. The molecule has 0 bridgehead atoms. The van der Waals surface area contributed by atoms with Crippen LogP contribution in [0.4, 0.5) is 0 Å². The van der Waals surface area contributed by atoms with Crippen molar-refractivity contribution in [3.8, 4) is 0 Å². The average molecular weight is 193 g/mol. The molecule has 0 aliphatic rings. The Bertz CT molecular complexity index is 285. The molecule has 14 heavy (non-hydrogen) atoms. The maximum Gasteiger partial charge on any atom is 0.0872 e. The van der Waals surface area contributed by atoms with Crippen LogP contribution < -0.4 is 0 Å². The van der Waals surface area contributed by atoms with Crippen LogP contribution >= 0.6 is 0 Å². The third-order valence-corrected chi connectivity index (χ3v) is 2.33. The van der Waals surface area contributed by atoms with Crippen molar-refractivity contribution in [2.75, 3.05) is 20.6 Å². The van der Waals surface area contributed by atoms with E-state index in [1.54, 1.807) is 14.1 Å². The molecule has 0 spiro atoms. The fourth-order valence-electron chi connectivity index (χ4n) is 1.93. The van der Waals surface area contributed by atoms with Gasteiger partial charge in [-0.15, -0.1) is 0 Å². The fourth-order valence-corrected chi connectivity index (χ4v) is 1.93. The van der Waals surface area contributed by atoms with Crippen molar-refractivity contribution in [1.82, 2.24) is 0 Å². The average Bonchev–Trinajstić information content (AvgIpc) is 2.01. The van der Waals surface area contributed by atoms with Gasteiger partial charge in [-0.3, -0.25) is 0 Å². The van der Waals surface area contributed by atoms with E-state index in [-0.39, 0.29) is 10.1 Å². The largest absolute Gasteiger partial charge is 0.633 e. The van der Waals surface area contributed by atoms with Gasteiger partial charge in [0, 0.05) is 5.41 Å². The van der Waals surface area contributed by atoms with Gasteiger partial charge in [-0.25, -0.2) is 0 Å². The molecule has 0 fully saturated rings. The number of hydrogen-bond acceptors (Lipinski definition) is 1. The summed E-state index contributed by atoms with van der Waals surface area (Å²) in [6, 6.07) is 10.2. The van der Waals surface area contributed by atoms with Crippen LogP contribution in [0.15, 0.2) is 30.3 Å². The van der Waals surface area contributed by atoms with Crippen molar-refractivity contribution in [2.45, 2.75) is 19.3 Å². The Kier molecular flexibility index (Phi) is 2.98. The highest BCUT2D eigenvalue weighted by Gasteiger charge is 2.25.